The first kappa shape index (κ1) is 11.0. The third kappa shape index (κ3) is 2.72. The predicted octanol–water partition coefficient (Wildman–Crippen LogP) is 3.50. The monoisotopic (exact) mass is 231 g/mol. The Morgan fingerprint density at radius 1 is 1.50 bits per heavy atom. The van der Waals surface area contributed by atoms with E-state index in [0.717, 1.165) is 0 Å². The van der Waals surface area contributed by atoms with Gasteiger partial charge >= 0.3 is 0 Å². The van der Waals surface area contributed by atoms with Gasteiger partial charge in [-0.3, -0.25) is 10.1 Å². The first-order valence-electron chi connectivity index (χ1n) is 3.81. The highest BCUT2D eigenvalue weighted by Crippen LogP contribution is 2.23. The first-order chi connectivity index (χ1) is 6.65. The highest BCUT2D eigenvalue weighted by atomic mass is 35.5. The van der Waals surface area contributed by atoms with Crippen LogP contribution in [0.25, 0.3) is 6.08 Å². The Labute approximate surface area is 91.1 Å². The summed E-state index contributed by atoms with van der Waals surface area (Å²) in [6.07, 6.45) is 3.33. The van der Waals surface area contributed by atoms with Crippen LogP contribution in [0.4, 0.5) is 5.69 Å². The minimum absolute atomic E-state index is 0.0172. The second kappa shape index (κ2) is 4.98. The molecule has 0 spiro atoms. The van der Waals surface area contributed by atoms with Gasteiger partial charge in [0.15, 0.2) is 0 Å². The summed E-state index contributed by atoms with van der Waals surface area (Å²) in [5.41, 5.74) is 0.616. The summed E-state index contributed by atoms with van der Waals surface area (Å²) in [5.74, 6) is 0.346. The maximum absolute atomic E-state index is 10.5. The van der Waals surface area contributed by atoms with Crippen molar-refractivity contribution in [2.45, 2.75) is 0 Å². The van der Waals surface area contributed by atoms with E-state index in [1.165, 1.54) is 18.2 Å². The van der Waals surface area contributed by atoms with Crippen molar-refractivity contribution >= 4 is 35.0 Å². The molecule has 1 aromatic rings. The SMILES string of the molecule is O=[N+]([O-])c1ccc(Cl)c(/C=C/CCl)c1. The summed E-state index contributed by atoms with van der Waals surface area (Å²) >= 11 is 11.3. The zero-order chi connectivity index (χ0) is 10.6. The molecule has 0 atom stereocenters. The Hall–Kier alpha value is -1.06. The molecule has 0 aliphatic carbocycles. The predicted molar refractivity (Wildman–Crippen MR) is 57.9 cm³/mol. The molecule has 0 bridgehead atoms. The Morgan fingerprint density at radius 2 is 2.21 bits per heavy atom. The number of non-ortho nitro benzene ring substituents is 1. The zero-order valence-corrected chi connectivity index (χ0v) is 8.63. The van der Waals surface area contributed by atoms with Gasteiger partial charge in [0, 0.05) is 23.0 Å². The van der Waals surface area contributed by atoms with Crippen LogP contribution in [-0.4, -0.2) is 10.8 Å². The molecule has 5 heteroatoms. The maximum atomic E-state index is 10.5. The quantitative estimate of drug-likeness (QED) is 0.454. The van der Waals surface area contributed by atoms with Crippen LogP contribution >= 0.6 is 23.2 Å². The number of alkyl halides is 1. The van der Waals surface area contributed by atoms with Crippen LogP contribution in [0.15, 0.2) is 24.3 Å². The number of rotatable bonds is 3. The molecule has 0 aliphatic heterocycles. The number of allylic oxidation sites excluding steroid dienone is 1. The summed E-state index contributed by atoms with van der Waals surface area (Å²) < 4.78 is 0. The zero-order valence-electron chi connectivity index (χ0n) is 7.11. The van der Waals surface area contributed by atoms with Crippen molar-refractivity contribution in [2.75, 3.05) is 5.88 Å². The van der Waals surface area contributed by atoms with E-state index in [9.17, 15) is 10.1 Å². The van der Waals surface area contributed by atoms with Crippen molar-refractivity contribution in [2.24, 2.45) is 0 Å². The summed E-state index contributed by atoms with van der Waals surface area (Å²) in [5, 5.41) is 10.9. The van der Waals surface area contributed by atoms with Crippen molar-refractivity contribution in [3.63, 3.8) is 0 Å². The highest BCUT2D eigenvalue weighted by Gasteiger charge is 2.07. The number of hydrogen-bond donors (Lipinski definition) is 0. The van der Waals surface area contributed by atoms with Gasteiger partial charge in [0.25, 0.3) is 5.69 Å². The summed E-state index contributed by atoms with van der Waals surface area (Å²) in [6.45, 7) is 0. The van der Waals surface area contributed by atoms with Crippen molar-refractivity contribution < 1.29 is 4.92 Å². The third-order valence-electron chi connectivity index (χ3n) is 1.58. The Balaban J connectivity index is 3.08. The summed E-state index contributed by atoms with van der Waals surface area (Å²) in [6, 6.07) is 4.26. The smallest absolute Gasteiger partial charge is 0.258 e. The minimum atomic E-state index is -0.464. The van der Waals surface area contributed by atoms with E-state index in [-0.39, 0.29) is 5.69 Å². The molecule has 74 valence electrons. The lowest BCUT2D eigenvalue weighted by Crippen LogP contribution is -1.88. The largest absolute Gasteiger partial charge is 0.270 e. The van der Waals surface area contributed by atoms with Gasteiger partial charge in [0.05, 0.1) is 4.92 Å². The number of hydrogen-bond acceptors (Lipinski definition) is 2. The molecule has 0 heterocycles. The van der Waals surface area contributed by atoms with Crippen LogP contribution in [0.5, 0.6) is 0 Å². The number of benzene rings is 1. The Kier molecular flexibility index (Phi) is 3.92. The molecule has 0 amide bonds. The lowest BCUT2D eigenvalue weighted by Gasteiger charge is -1.97. The Bertz CT molecular complexity index is 377. The van der Waals surface area contributed by atoms with Gasteiger partial charge < -0.3 is 0 Å². The summed E-state index contributed by atoms with van der Waals surface area (Å²) in [4.78, 5) is 9.99. The second-order valence-corrected chi connectivity index (χ2v) is 3.24. The molecular weight excluding hydrogens is 225 g/mol. The molecule has 0 saturated carbocycles. The number of halogens is 2. The molecule has 0 aliphatic rings. The molecule has 0 fully saturated rings. The van der Waals surface area contributed by atoms with E-state index in [0.29, 0.717) is 16.5 Å². The fourth-order valence-corrected chi connectivity index (χ4v) is 1.21. The van der Waals surface area contributed by atoms with E-state index in [1.807, 2.05) is 0 Å². The molecule has 0 radical (unpaired) electrons. The van der Waals surface area contributed by atoms with Crippen molar-refractivity contribution in [1.29, 1.82) is 0 Å². The molecule has 0 unspecified atom stereocenters. The van der Waals surface area contributed by atoms with E-state index in [4.69, 9.17) is 23.2 Å². The van der Waals surface area contributed by atoms with Crippen LogP contribution in [0.3, 0.4) is 0 Å². The van der Waals surface area contributed by atoms with Gasteiger partial charge in [-0.05, 0) is 11.6 Å². The van der Waals surface area contributed by atoms with Gasteiger partial charge in [-0.25, -0.2) is 0 Å². The topological polar surface area (TPSA) is 43.1 Å². The molecular formula is C9H7Cl2NO2. The molecule has 14 heavy (non-hydrogen) atoms. The molecule has 3 nitrogen and oxygen atoms in total. The van der Waals surface area contributed by atoms with E-state index in [1.54, 1.807) is 12.2 Å². The number of nitro benzene ring substituents is 1. The Morgan fingerprint density at radius 3 is 2.79 bits per heavy atom. The molecule has 0 aromatic heterocycles. The lowest BCUT2D eigenvalue weighted by atomic mass is 10.2. The molecule has 1 rings (SSSR count). The van der Waals surface area contributed by atoms with Gasteiger partial charge in [-0.1, -0.05) is 23.8 Å². The van der Waals surface area contributed by atoms with E-state index < -0.39 is 4.92 Å². The van der Waals surface area contributed by atoms with E-state index >= 15 is 0 Å². The standard InChI is InChI=1S/C9H7Cl2NO2/c10-5-1-2-7-6-8(12(13)14)3-4-9(7)11/h1-4,6H,5H2/b2-1+. The van der Waals surface area contributed by atoms with Crippen LogP contribution < -0.4 is 0 Å². The fraction of sp³-hybridized carbons (Fsp3) is 0.111. The third-order valence-corrected chi connectivity index (χ3v) is 2.10. The van der Waals surface area contributed by atoms with Crippen LogP contribution in [0.1, 0.15) is 5.56 Å². The van der Waals surface area contributed by atoms with Gasteiger partial charge in [-0.2, -0.15) is 0 Å². The lowest BCUT2D eigenvalue weighted by molar-refractivity contribution is -0.384. The van der Waals surface area contributed by atoms with Gasteiger partial charge in [0.1, 0.15) is 0 Å². The normalized spacial score (nSPS) is 10.7. The number of nitro groups is 1. The minimum Gasteiger partial charge on any atom is -0.258 e. The number of nitrogens with zero attached hydrogens (tertiary/aromatic N) is 1. The molecule has 1 aromatic carbocycles. The van der Waals surface area contributed by atoms with Crippen LogP contribution in [0.2, 0.25) is 5.02 Å². The van der Waals surface area contributed by atoms with Crippen molar-refractivity contribution in [1.82, 2.24) is 0 Å². The average molecular weight is 232 g/mol. The molecule has 0 N–H and O–H groups in total. The molecule has 0 saturated heterocycles. The maximum Gasteiger partial charge on any atom is 0.270 e. The van der Waals surface area contributed by atoms with Gasteiger partial charge in [0.2, 0.25) is 0 Å². The van der Waals surface area contributed by atoms with E-state index in [2.05, 4.69) is 0 Å². The van der Waals surface area contributed by atoms with Crippen molar-refractivity contribution in [3.8, 4) is 0 Å². The van der Waals surface area contributed by atoms with Crippen LogP contribution in [0, 0.1) is 10.1 Å². The van der Waals surface area contributed by atoms with Crippen molar-refractivity contribution in [3.05, 3.63) is 45.0 Å². The highest BCUT2D eigenvalue weighted by molar-refractivity contribution is 6.32. The van der Waals surface area contributed by atoms with Crippen LogP contribution in [-0.2, 0) is 0 Å². The van der Waals surface area contributed by atoms with Gasteiger partial charge in [-0.15, -0.1) is 11.6 Å². The fourth-order valence-electron chi connectivity index (χ4n) is 0.944. The average Bonchev–Trinajstić information content (AvgIpc) is 2.16. The summed E-state index contributed by atoms with van der Waals surface area (Å²) in [7, 11) is 0. The first-order valence-corrected chi connectivity index (χ1v) is 4.73. The second-order valence-electron chi connectivity index (χ2n) is 2.52.